The van der Waals surface area contributed by atoms with Crippen molar-refractivity contribution in [3.63, 3.8) is 0 Å². The van der Waals surface area contributed by atoms with Gasteiger partial charge in [0.1, 0.15) is 5.57 Å². The van der Waals surface area contributed by atoms with E-state index in [0.717, 1.165) is 37.4 Å². The quantitative estimate of drug-likeness (QED) is 0.0701. The molecule has 0 saturated carbocycles. The van der Waals surface area contributed by atoms with E-state index in [4.69, 9.17) is 39.0 Å². The smallest absolute Gasteiger partial charge is 0.530 e. The zero-order valence-electron chi connectivity index (χ0n) is 58.9. The van der Waals surface area contributed by atoms with E-state index in [1.165, 1.54) is 161 Å². The summed E-state index contributed by atoms with van der Waals surface area (Å²) in [4.78, 5) is 13.5. The van der Waals surface area contributed by atoms with Crippen molar-refractivity contribution in [2.45, 2.75) is 41.5 Å². The normalized spacial score (nSPS) is 11.2. The number of fused-ring (bicyclic) bond motifs is 6. The highest BCUT2D eigenvalue weighted by molar-refractivity contribution is 9.10. The fraction of sp³-hybridized carbons (Fsp3) is 0.0674. The number of allylic oxidation sites excluding steroid dienone is 1. The van der Waals surface area contributed by atoms with Gasteiger partial charge in [-0.2, -0.15) is 10.5 Å². The molecule has 0 spiro atoms. The van der Waals surface area contributed by atoms with E-state index in [1.807, 2.05) is 35.7 Å². The Morgan fingerprint density at radius 1 is 0.407 bits per heavy atom. The highest BCUT2D eigenvalue weighted by Gasteiger charge is 2.31. The molecule has 0 atom stereocenters. The van der Waals surface area contributed by atoms with Gasteiger partial charge in [-0.05, 0) is 218 Å². The van der Waals surface area contributed by atoms with Gasteiger partial charge in [0.25, 0.3) is 0 Å². The lowest BCUT2D eigenvalue weighted by atomic mass is 9.88. The number of nitriles is 2. The van der Waals surface area contributed by atoms with E-state index < -0.39 is 0 Å². The standard InChI is InChI=1S/C33H20N4S.C28H21NS.C24H18BrN.C4H4BO2S.3F2/c1-20-7-10-23(11-8-20)37-28-13-9-21(2)17-27(28)26-6-4-5-25-24(12-14-29(37)32(25)26)30-15-16-31(38-30)33(36-3)22(18-34)19-35;1-18-8-11-20(12-9-18)29-25-14-10-19(2)17-24(25)23-6-3-5-22-21(27-7-4-16-30-27)13-15-26(29)28(22)23;1-15-6-9-17(10-7-15)26-22-12-8-16(2)14-20(22)18-4-3-5-19-21(25)11-13-23(26)24(18)19;6-5-7-4-2-1-3-8-4;3*1-2/h4-17H,1-2H3;3-17H,1-2H3;3-14H,1-2H3;1-3,6H;;;. The maximum absolute atomic E-state index is 9.31. The zero-order chi connectivity index (χ0) is 76.3. The molecule has 0 aliphatic carbocycles. The molecule has 1 N–H and O–H groups in total. The highest BCUT2D eigenvalue weighted by atomic mass is 79.9. The van der Waals surface area contributed by atoms with E-state index in [-0.39, 0.29) is 11.3 Å². The van der Waals surface area contributed by atoms with Gasteiger partial charge in [0.2, 0.25) is 5.70 Å². The molecule has 0 saturated heterocycles. The van der Waals surface area contributed by atoms with Crippen molar-refractivity contribution in [2.75, 3.05) is 14.7 Å². The predicted octanol–water partition coefficient (Wildman–Crippen LogP) is 28.8. The summed E-state index contributed by atoms with van der Waals surface area (Å²) in [7, 11) is 0.672. The van der Waals surface area contributed by atoms with Crippen LogP contribution in [0, 0.1) is 70.8 Å². The van der Waals surface area contributed by atoms with Crippen molar-refractivity contribution >= 4 is 147 Å². The summed E-state index contributed by atoms with van der Waals surface area (Å²) in [6.07, 6.45) is 0. The van der Waals surface area contributed by atoms with Crippen molar-refractivity contribution in [3.05, 3.63) is 325 Å². The first-order chi connectivity index (χ1) is 52.8. The van der Waals surface area contributed by atoms with Crippen LogP contribution in [0.4, 0.5) is 78.6 Å². The molecule has 6 heterocycles. The Kier molecular flexibility index (Phi) is 23.9. The molecule has 19 heteroatoms. The number of nitrogens with zero attached hydrogens (tertiary/aromatic N) is 6. The number of halogens is 7. The summed E-state index contributed by atoms with van der Waals surface area (Å²) in [6.45, 7) is 20.4. The van der Waals surface area contributed by atoms with Crippen LogP contribution in [0.25, 0.3) is 97.1 Å². The first-order valence-electron chi connectivity index (χ1n) is 33.7. The van der Waals surface area contributed by atoms with Crippen LogP contribution in [0.1, 0.15) is 38.3 Å². The molecule has 18 rings (SSSR count). The number of benzene rings is 12. The minimum Gasteiger partial charge on any atom is -0.530 e. The topological polar surface area (TPSA) is 91.1 Å². The van der Waals surface area contributed by atoms with Gasteiger partial charge in [-0.1, -0.05) is 183 Å². The molecule has 3 aromatic heterocycles. The molecular weight excluding hydrogens is 1490 g/mol. The van der Waals surface area contributed by atoms with Crippen LogP contribution >= 0.6 is 49.9 Å². The molecule has 108 heavy (non-hydrogen) atoms. The van der Waals surface area contributed by atoms with Gasteiger partial charge in [0.15, 0.2) is 5.06 Å². The number of aryl methyl sites for hydroxylation is 6. The lowest BCUT2D eigenvalue weighted by Crippen LogP contribution is -2.15. The lowest BCUT2D eigenvalue weighted by Gasteiger charge is -2.34. The van der Waals surface area contributed by atoms with E-state index in [1.54, 1.807) is 17.4 Å². The monoisotopic (exact) mass is 1550 g/mol. The second-order valence-corrected chi connectivity index (χ2v) is 29.2. The van der Waals surface area contributed by atoms with Crippen LogP contribution in [0.15, 0.2) is 276 Å². The Hall–Kier alpha value is -12.0. The van der Waals surface area contributed by atoms with Crippen LogP contribution in [0.2, 0.25) is 0 Å². The van der Waals surface area contributed by atoms with Gasteiger partial charge < -0.3 is 24.4 Å². The summed E-state index contributed by atoms with van der Waals surface area (Å²) in [6, 6.07) is 94.9. The highest BCUT2D eigenvalue weighted by Crippen LogP contribution is 2.57. The molecule has 0 bridgehead atoms. The molecule has 0 fully saturated rings. The molecule has 12 aromatic carbocycles. The van der Waals surface area contributed by atoms with Gasteiger partial charge >= 0.3 is 7.69 Å². The molecule has 15 aromatic rings. The summed E-state index contributed by atoms with van der Waals surface area (Å²) in [5.74, 6) is 0. The molecule has 8 nitrogen and oxygen atoms in total. The van der Waals surface area contributed by atoms with Crippen molar-refractivity contribution in [1.29, 1.82) is 10.5 Å². The zero-order valence-corrected chi connectivity index (χ0v) is 62.9. The van der Waals surface area contributed by atoms with Crippen molar-refractivity contribution in [3.8, 4) is 71.5 Å². The van der Waals surface area contributed by atoms with Crippen molar-refractivity contribution in [1.82, 2.24) is 0 Å². The largest absolute Gasteiger partial charge is 0.569 e. The summed E-state index contributed by atoms with van der Waals surface area (Å²) in [5, 5.41) is 38.9. The predicted molar refractivity (Wildman–Crippen MR) is 440 cm³/mol. The van der Waals surface area contributed by atoms with E-state index >= 15 is 0 Å². The van der Waals surface area contributed by atoms with Crippen molar-refractivity contribution < 1.29 is 37.1 Å². The van der Waals surface area contributed by atoms with Gasteiger partial charge in [0, 0.05) is 96.5 Å². The lowest BCUT2D eigenvalue weighted by molar-refractivity contribution is 0.108. The molecule has 531 valence electrons. The van der Waals surface area contributed by atoms with E-state index in [9.17, 15) is 10.5 Å². The minimum atomic E-state index is -0.161. The number of hydrogen-bond donors (Lipinski definition) is 1. The Morgan fingerprint density at radius 3 is 1.18 bits per heavy atom. The van der Waals surface area contributed by atoms with Crippen molar-refractivity contribution in [2.24, 2.45) is 0 Å². The SMILES string of the molecule is Cc1ccc(N2c3ccc(C)cc3-c3cccc4c(-c5cccs5)ccc2c34)cc1.Cc1ccc(N2c3ccc(C)cc3-c3cccc4c(Br)ccc2c34)cc1.FF.FF.FF.O[B]Oc1cccs1.[C-]#[N+]C(=C(C#N)C#N)c1ccc(-c2ccc3c4c(cccc24)-c2cc(C)ccc2N3c2ccc(C)cc2)s1. The number of hydrogen-bond acceptors (Lipinski definition) is 10. The van der Waals surface area contributed by atoms with Gasteiger partial charge in [-0.15, -0.1) is 34.0 Å². The first kappa shape index (κ1) is 75.7. The Morgan fingerprint density at radius 2 is 0.787 bits per heavy atom. The van der Waals surface area contributed by atoms with E-state index in [2.05, 4.69) is 318 Å². The molecule has 3 aliphatic rings. The number of thiophene rings is 3. The van der Waals surface area contributed by atoms with Crippen LogP contribution in [0.5, 0.6) is 5.06 Å². The second-order valence-electron chi connectivity index (χ2n) is 25.4. The average molecular weight is 1550 g/mol. The third kappa shape index (κ3) is 14.9. The summed E-state index contributed by atoms with van der Waals surface area (Å²) in [5.41, 5.74) is 28.2. The summed E-state index contributed by atoms with van der Waals surface area (Å²) < 4.78 is 53.7. The Bertz CT molecular complexity index is 5940. The Balaban J connectivity index is 0.000000141. The maximum atomic E-state index is 9.31. The van der Waals surface area contributed by atoms with Crippen LogP contribution in [0.3, 0.4) is 0 Å². The first-order valence-corrected chi connectivity index (χ1v) is 37.1. The fourth-order valence-corrected chi connectivity index (χ4v) is 16.9. The van der Waals surface area contributed by atoms with Crippen LogP contribution in [-0.2, 0) is 0 Å². The number of anilines is 9. The molecule has 0 unspecified atom stereocenters. The number of rotatable bonds is 8. The third-order valence-corrected chi connectivity index (χ3v) is 22.3. The van der Waals surface area contributed by atoms with Gasteiger partial charge in [-0.3, -0.25) is 0 Å². The third-order valence-electron chi connectivity index (χ3n) is 18.8. The molecule has 0 amide bonds. The summed E-state index contributed by atoms with van der Waals surface area (Å²) >= 11 is 8.40. The molecular formula is C89H63BBrF6N6O2S3. The van der Waals surface area contributed by atoms with Gasteiger partial charge in [-0.25, -0.2) is 4.85 Å². The fourth-order valence-electron chi connectivity index (χ4n) is 14.1. The van der Waals surface area contributed by atoms with Crippen LogP contribution in [-0.4, -0.2) is 12.7 Å². The average Bonchev–Trinajstić information content (AvgIpc) is 0.880. The van der Waals surface area contributed by atoms with Crippen LogP contribution < -0.4 is 19.4 Å². The van der Waals surface area contributed by atoms with Gasteiger partial charge in [0.05, 0.1) is 52.8 Å². The molecule has 1 radical (unpaired) electrons. The van der Waals surface area contributed by atoms with E-state index in [0.29, 0.717) is 17.6 Å². The second kappa shape index (κ2) is 34.1. The maximum Gasteiger partial charge on any atom is 0.569 e. The Labute approximate surface area is 642 Å². The molecule has 3 aliphatic heterocycles. The minimum absolute atomic E-state index is 0.101.